The van der Waals surface area contributed by atoms with Crippen LogP contribution in [0, 0.1) is 5.92 Å². The van der Waals surface area contributed by atoms with Gasteiger partial charge in [0.05, 0.1) is 0 Å². The fraction of sp³-hybridized carbons (Fsp3) is 0.941. The van der Waals surface area contributed by atoms with E-state index < -0.39 is 0 Å². The molecular weight excluding hydrogens is 298 g/mol. The highest BCUT2D eigenvalue weighted by molar-refractivity contribution is 5.85. The maximum atomic E-state index is 12.8. The molecule has 0 aromatic carbocycles. The van der Waals surface area contributed by atoms with Gasteiger partial charge in [0.1, 0.15) is 0 Å². The molecule has 0 bridgehead atoms. The van der Waals surface area contributed by atoms with Gasteiger partial charge in [-0.25, -0.2) is 0 Å². The zero-order chi connectivity index (χ0) is 14.7. The van der Waals surface area contributed by atoms with Crippen LogP contribution in [0.2, 0.25) is 0 Å². The molecule has 5 heteroatoms. The molecule has 0 aromatic heterocycles. The zero-order valence-corrected chi connectivity index (χ0v) is 14.7. The number of hydrogen-bond donors (Lipinski definition) is 1. The Hall–Kier alpha value is -0.320. The van der Waals surface area contributed by atoms with Crippen molar-refractivity contribution in [2.75, 3.05) is 32.7 Å². The van der Waals surface area contributed by atoms with Crippen molar-refractivity contribution >= 4 is 18.3 Å². The summed E-state index contributed by atoms with van der Waals surface area (Å²) >= 11 is 0. The van der Waals surface area contributed by atoms with Crippen molar-refractivity contribution in [3.8, 4) is 0 Å². The average molecular weight is 330 g/mol. The maximum Gasteiger partial charge on any atom is 0.225 e. The van der Waals surface area contributed by atoms with E-state index >= 15 is 0 Å². The minimum atomic E-state index is 0. The molecule has 0 aromatic rings. The number of piperidine rings is 1. The highest BCUT2D eigenvalue weighted by Crippen LogP contribution is 2.24. The molecule has 0 saturated carbocycles. The van der Waals surface area contributed by atoms with Gasteiger partial charge in [0.2, 0.25) is 5.91 Å². The number of carbonyl (C=O) groups is 1. The quantitative estimate of drug-likeness (QED) is 0.844. The van der Waals surface area contributed by atoms with Crippen LogP contribution in [0.4, 0.5) is 0 Å². The first-order chi connectivity index (χ1) is 10.2. The fourth-order valence-electron chi connectivity index (χ4n) is 4.39. The van der Waals surface area contributed by atoms with Crippen molar-refractivity contribution in [3.63, 3.8) is 0 Å². The Morgan fingerprint density at radius 1 is 1.00 bits per heavy atom. The average Bonchev–Trinajstić information content (AvgIpc) is 2.91. The Bertz CT molecular complexity index is 360. The minimum absolute atomic E-state index is 0. The molecule has 3 atom stereocenters. The Morgan fingerprint density at radius 3 is 2.50 bits per heavy atom. The predicted octanol–water partition coefficient (Wildman–Crippen LogP) is 2.27. The monoisotopic (exact) mass is 329 g/mol. The molecule has 4 nitrogen and oxygen atoms in total. The van der Waals surface area contributed by atoms with E-state index in [2.05, 4.69) is 22.0 Å². The fourth-order valence-corrected chi connectivity index (χ4v) is 4.39. The van der Waals surface area contributed by atoms with E-state index in [9.17, 15) is 4.79 Å². The number of hydrogen-bond acceptors (Lipinski definition) is 3. The van der Waals surface area contributed by atoms with Crippen LogP contribution in [-0.2, 0) is 4.79 Å². The molecule has 1 unspecified atom stereocenters. The Kier molecular flexibility index (Phi) is 6.97. The van der Waals surface area contributed by atoms with Crippen LogP contribution in [-0.4, -0.2) is 60.5 Å². The lowest BCUT2D eigenvalue weighted by Gasteiger charge is -2.32. The summed E-state index contributed by atoms with van der Waals surface area (Å²) in [6, 6.07) is 1.23. The lowest BCUT2D eigenvalue weighted by atomic mass is 9.92. The summed E-state index contributed by atoms with van der Waals surface area (Å²) in [5.41, 5.74) is 0. The molecular formula is C17H32ClN3O. The third-order valence-electron chi connectivity index (χ3n) is 5.64. The second kappa shape index (κ2) is 8.51. The predicted molar refractivity (Wildman–Crippen MR) is 92.5 cm³/mol. The van der Waals surface area contributed by atoms with Gasteiger partial charge < -0.3 is 15.1 Å². The standard InChI is InChI=1S/C17H31N3O.ClH/c1-14-13-15(6-8-18-14)17(21)20-11-4-5-16(7-12-20)19-9-2-3-10-19;/h14-16,18H,2-13H2,1H3;1H/t14-,15-,16?;/m0./s1. The smallest absolute Gasteiger partial charge is 0.225 e. The Morgan fingerprint density at radius 2 is 1.77 bits per heavy atom. The topological polar surface area (TPSA) is 35.6 Å². The van der Waals surface area contributed by atoms with Crippen LogP contribution < -0.4 is 5.32 Å². The third kappa shape index (κ3) is 4.36. The van der Waals surface area contributed by atoms with E-state index in [1.165, 1.54) is 45.2 Å². The van der Waals surface area contributed by atoms with E-state index in [-0.39, 0.29) is 18.3 Å². The first-order valence-electron chi connectivity index (χ1n) is 9.00. The van der Waals surface area contributed by atoms with Crippen LogP contribution in [0.3, 0.4) is 0 Å². The highest BCUT2D eigenvalue weighted by Gasteiger charge is 2.31. The summed E-state index contributed by atoms with van der Waals surface area (Å²) in [6.45, 7) is 7.74. The van der Waals surface area contributed by atoms with Crippen molar-refractivity contribution in [2.24, 2.45) is 5.92 Å². The van der Waals surface area contributed by atoms with Gasteiger partial charge in [0.15, 0.2) is 0 Å². The lowest BCUT2D eigenvalue weighted by Crippen LogP contribution is -2.44. The normalized spacial score (nSPS) is 34.0. The number of carbonyl (C=O) groups excluding carboxylic acids is 1. The number of nitrogens with zero attached hydrogens (tertiary/aromatic N) is 2. The molecule has 3 aliphatic heterocycles. The largest absolute Gasteiger partial charge is 0.342 e. The summed E-state index contributed by atoms with van der Waals surface area (Å²) in [4.78, 5) is 17.6. The SMILES string of the molecule is C[C@H]1C[C@@H](C(=O)N2CCCC(N3CCCC3)CC2)CCN1.Cl. The van der Waals surface area contributed by atoms with Gasteiger partial charge in [0, 0.05) is 31.1 Å². The molecule has 3 heterocycles. The molecule has 1 N–H and O–H groups in total. The molecule has 3 aliphatic rings. The van der Waals surface area contributed by atoms with Crippen LogP contribution in [0.5, 0.6) is 0 Å². The van der Waals surface area contributed by atoms with E-state index in [0.29, 0.717) is 11.9 Å². The molecule has 0 spiro atoms. The second-order valence-corrected chi connectivity index (χ2v) is 7.23. The second-order valence-electron chi connectivity index (χ2n) is 7.23. The molecule has 0 radical (unpaired) electrons. The molecule has 3 saturated heterocycles. The first-order valence-corrected chi connectivity index (χ1v) is 9.00. The van der Waals surface area contributed by atoms with Gasteiger partial charge in [-0.1, -0.05) is 0 Å². The van der Waals surface area contributed by atoms with Crippen LogP contribution in [0.25, 0.3) is 0 Å². The Labute approximate surface area is 141 Å². The Balaban J connectivity index is 0.00000176. The minimum Gasteiger partial charge on any atom is -0.342 e. The van der Waals surface area contributed by atoms with Crippen molar-refractivity contribution in [1.29, 1.82) is 0 Å². The summed E-state index contributed by atoms with van der Waals surface area (Å²) < 4.78 is 0. The van der Waals surface area contributed by atoms with Gasteiger partial charge in [-0.15, -0.1) is 12.4 Å². The summed E-state index contributed by atoms with van der Waals surface area (Å²) in [6.07, 6.45) is 8.43. The number of rotatable bonds is 2. The van der Waals surface area contributed by atoms with Crippen LogP contribution in [0.1, 0.15) is 51.9 Å². The van der Waals surface area contributed by atoms with E-state index in [1.54, 1.807) is 0 Å². The van der Waals surface area contributed by atoms with Crippen LogP contribution >= 0.6 is 12.4 Å². The van der Waals surface area contributed by atoms with Crippen molar-refractivity contribution in [3.05, 3.63) is 0 Å². The molecule has 0 aliphatic carbocycles. The van der Waals surface area contributed by atoms with Crippen molar-refractivity contribution in [1.82, 2.24) is 15.1 Å². The first kappa shape index (κ1) is 18.0. The van der Waals surface area contributed by atoms with Crippen molar-refractivity contribution < 1.29 is 4.79 Å². The van der Waals surface area contributed by atoms with Gasteiger partial charge in [0.25, 0.3) is 0 Å². The lowest BCUT2D eigenvalue weighted by molar-refractivity contribution is -0.136. The van der Waals surface area contributed by atoms with Gasteiger partial charge in [-0.2, -0.15) is 0 Å². The molecule has 3 fully saturated rings. The van der Waals surface area contributed by atoms with Gasteiger partial charge in [-0.05, 0) is 71.5 Å². The molecule has 128 valence electrons. The maximum absolute atomic E-state index is 12.8. The summed E-state index contributed by atoms with van der Waals surface area (Å²) in [5.74, 6) is 0.704. The van der Waals surface area contributed by atoms with E-state index in [4.69, 9.17) is 0 Å². The summed E-state index contributed by atoms with van der Waals surface area (Å²) in [5, 5.41) is 3.45. The molecule has 1 amide bonds. The third-order valence-corrected chi connectivity index (χ3v) is 5.64. The highest BCUT2D eigenvalue weighted by atomic mass is 35.5. The zero-order valence-electron chi connectivity index (χ0n) is 13.9. The van der Waals surface area contributed by atoms with Gasteiger partial charge in [-0.3, -0.25) is 4.79 Å². The number of halogens is 1. The van der Waals surface area contributed by atoms with Gasteiger partial charge >= 0.3 is 0 Å². The van der Waals surface area contributed by atoms with E-state index in [0.717, 1.165) is 38.5 Å². The number of likely N-dealkylation sites (tertiary alicyclic amines) is 2. The summed E-state index contributed by atoms with van der Waals surface area (Å²) in [7, 11) is 0. The number of nitrogens with one attached hydrogen (secondary N) is 1. The molecule has 22 heavy (non-hydrogen) atoms. The molecule has 3 rings (SSSR count). The van der Waals surface area contributed by atoms with Crippen LogP contribution in [0.15, 0.2) is 0 Å². The van der Waals surface area contributed by atoms with Crippen molar-refractivity contribution in [2.45, 2.75) is 64.0 Å². The number of amides is 1. The van der Waals surface area contributed by atoms with E-state index in [1.807, 2.05) is 0 Å².